The number of hydrogen-bond donors (Lipinski definition) is 2. The van der Waals surface area contributed by atoms with E-state index >= 15 is 0 Å². The first-order valence-electron chi connectivity index (χ1n) is 7.84. The largest absolute Gasteiger partial charge is 1.00 e. The van der Waals surface area contributed by atoms with Crippen LogP contribution < -0.4 is 45.7 Å². The Balaban J connectivity index is 0.00000288. The number of amides is 1. The van der Waals surface area contributed by atoms with Gasteiger partial charge in [-0.05, 0) is 108 Å². The van der Waals surface area contributed by atoms with Crippen molar-refractivity contribution >= 4 is 51.1 Å². The summed E-state index contributed by atoms with van der Waals surface area (Å²) in [6.07, 6.45) is 2.79. The van der Waals surface area contributed by atoms with Gasteiger partial charge in [-0.25, -0.2) is 0 Å². The van der Waals surface area contributed by atoms with Gasteiger partial charge in [0.05, 0.1) is 0 Å². The van der Waals surface area contributed by atoms with Crippen LogP contribution in [-0.4, -0.2) is 37.0 Å². The molecule has 0 aliphatic carbocycles. The van der Waals surface area contributed by atoms with Gasteiger partial charge < -0.3 is 21.1 Å². The molecule has 1 saturated heterocycles. The molecule has 0 radical (unpaired) electrons. The van der Waals surface area contributed by atoms with Gasteiger partial charge in [0.15, 0.2) is 0 Å². The fraction of sp³-hybridized carbons (Fsp3) is 0.562. The molecule has 5 nitrogen and oxygen atoms in total. The fourth-order valence-electron chi connectivity index (χ4n) is 2.84. The smallest absolute Gasteiger partial charge is 0.872 e. The molecule has 8 heteroatoms. The third-order valence-electron chi connectivity index (χ3n) is 4.22. The zero-order valence-electron chi connectivity index (χ0n) is 14.0. The van der Waals surface area contributed by atoms with Crippen molar-refractivity contribution in [3.05, 3.63) is 24.8 Å². The summed E-state index contributed by atoms with van der Waals surface area (Å²) in [5.41, 5.74) is 6.18. The second-order valence-electron chi connectivity index (χ2n) is 5.92. The maximum Gasteiger partial charge on any atom is 1.00 e. The number of carbonyl (C=O) groups excluding carboxylic acids is 1. The first-order valence-corrected chi connectivity index (χ1v) is 10.0. The van der Waals surface area contributed by atoms with Crippen molar-refractivity contribution in [3.63, 3.8) is 0 Å². The Hall–Kier alpha value is 0.870. The van der Waals surface area contributed by atoms with Crippen molar-refractivity contribution < 1.29 is 39.5 Å². The molecule has 1 aliphatic heterocycles. The SMILES string of the molecule is NC(=O)C1CCN(CCCNCc2cc(I)cc(I)c2[O-])CC1.[Na+]. The molecule has 1 amide bonds. The summed E-state index contributed by atoms with van der Waals surface area (Å²) >= 11 is 4.34. The minimum Gasteiger partial charge on any atom is -0.872 e. The summed E-state index contributed by atoms with van der Waals surface area (Å²) in [6.45, 7) is 4.43. The van der Waals surface area contributed by atoms with Crippen LogP contribution in [0.15, 0.2) is 12.1 Å². The number of rotatable bonds is 7. The number of carbonyl (C=O) groups is 1. The summed E-state index contributed by atoms with van der Waals surface area (Å²) in [5.74, 6) is 0.0294. The Morgan fingerprint density at radius 1 is 1.33 bits per heavy atom. The number of halogens is 2. The Bertz CT molecular complexity index is 552. The third kappa shape index (κ3) is 7.24. The van der Waals surface area contributed by atoms with E-state index in [4.69, 9.17) is 5.73 Å². The Kier molecular flexibility index (Phi) is 11.0. The number of primary amides is 1. The number of nitrogens with two attached hydrogens (primary N) is 1. The first kappa shape index (κ1) is 22.9. The van der Waals surface area contributed by atoms with Gasteiger partial charge in [0.2, 0.25) is 5.91 Å². The molecular weight excluding hydrogens is 543 g/mol. The Morgan fingerprint density at radius 3 is 2.62 bits per heavy atom. The van der Waals surface area contributed by atoms with E-state index in [-0.39, 0.29) is 47.1 Å². The zero-order valence-corrected chi connectivity index (χ0v) is 20.3. The number of piperidine rings is 1. The monoisotopic (exact) mass is 565 g/mol. The van der Waals surface area contributed by atoms with Crippen molar-refractivity contribution in [3.8, 4) is 5.75 Å². The molecular formula is C16H22I2N3NaO2. The predicted octanol–water partition coefficient (Wildman–Crippen LogP) is -1.35. The van der Waals surface area contributed by atoms with E-state index in [1.165, 1.54) is 0 Å². The van der Waals surface area contributed by atoms with Crippen LogP contribution in [0.25, 0.3) is 0 Å². The van der Waals surface area contributed by atoms with Gasteiger partial charge in [0.1, 0.15) is 0 Å². The molecule has 1 aliphatic rings. The van der Waals surface area contributed by atoms with Crippen molar-refractivity contribution in [1.29, 1.82) is 0 Å². The van der Waals surface area contributed by atoms with E-state index in [1.54, 1.807) is 0 Å². The number of benzene rings is 1. The molecule has 0 unspecified atom stereocenters. The maximum absolute atomic E-state index is 12.0. The molecule has 2 rings (SSSR count). The second kappa shape index (κ2) is 11.6. The van der Waals surface area contributed by atoms with Gasteiger partial charge >= 0.3 is 29.6 Å². The zero-order chi connectivity index (χ0) is 16.8. The molecule has 1 fully saturated rings. The molecule has 1 heterocycles. The minimum absolute atomic E-state index is 0. The van der Waals surface area contributed by atoms with Crippen molar-refractivity contribution in [2.45, 2.75) is 25.8 Å². The van der Waals surface area contributed by atoms with Gasteiger partial charge in [-0.2, -0.15) is 0 Å². The van der Waals surface area contributed by atoms with Crippen LogP contribution in [0.2, 0.25) is 0 Å². The third-order valence-corrected chi connectivity index (χ3v) is 5.64. The van der Waals surface area contributed by atoms with Crippen molar-refractivity contribution in [2.75, 3.05) is 26.2 Å². The summed E-state index contributed by atoms with van der Waals surface area (Å²) in [5, 5.41) is 15.4. The van der Waals surface area contributed by atoms with E-state index in [2.05, 4.69) is 55.4 Å². The summed E-state index contributed by atoms with van der Waals surface area (Å²) < 4.78 is 1.88. The van der Waals surface area contributed by atoms with Crippen LogP contribution in [0, 0.1) is 13.1 Å². The summed E-state index contributed by atoms with van der Waals surface area (Å²) in [7, 11) is 0. The molecule has 128 valence electrons. The van der Waals surface area contributed by atoms with Gasteiger partial charge in [0.25, 0.3) is 0 Å². The van der Waals surface area contributed by atoms with Gasteiger partial charge in [-0.1, -0.05) is 5.75 Å². The average Bonchev–Trinajstić information content (AvgIpc) is 2.52. The number of nitrogens with one attached hydrogen (secondary N) is 1. The van der Waals surface area contributed by atoms with Crippen LogP contribution in [0.3, 0.4) is 0 Å². The first-order chi connectivity index (χ1) is 11.0. The Morgan fingerprint density at radius 2 is 2.00 bits per heavy atom. The van der Waals surface area contributed by atoms with E-state index in [0.717, 1.165) is 58.1 Å². The Labute approximate surface area is 193 Å². The molecule has 1 aromatic rings. The molecule has 0 atom stereocenters. The quantitative estimate of drug-likeness (QED) is 0.244. The van der Waals surface area contributed by atoms with Crippen molar-refractivity contribution in [1.82, 2.24) is 10.2 Å². The fourth-order valence-corrected chi connectivity index (χ4v) is 4.80. The normalized spacial score (nSPS) is 15.9. The summed E-state index contributed by atoms with van der Waals surface area (Å²) in [6, 6.07) is 3.86. The molecule has 0 saturated carbocycles. The van der Waals surface area contributed by atoms with Gasteiger partial charge in [0, 0.05) is 19.6 Å². The average molecular weight is 565 g/mol. The van der Waals surface area contributed by atoms with E-state index in [9.17, 15) is 9.90 Å². The van der Waals surface area contributed by atoms with Gasteiger partial charge in [-0.3, -0.25) is 4.79 Å². The van der Waals surface area contributed by atoms with Crippen LogP contribution in [0.5, 0.6) is 5.75 Å². The van der Waals surface area contributed by atoms with Gasteiger partial charge in [-0.15, -0.1) is 0 Å². The van der Waals surface area contributed by atoms with Crippen molar-refractivity contribution in [2.24, 2.45) is 11.7 Å². The van der Waals surface area contributed by atoms with Crippen LogP contribution >= 0.6 is 45.2 Å². The molecule has 0 bridgehead atoms. The maximum atomic E-state index is 12.0. The van der Waals surface area contributed by atoms with E-state index in [0.29, 0.717) is 6.54 Å². The summed E-state index contributed by atoms with van der Waals surface area (Å²) in [4.78, 5) is 13.5. The topological polar surface area (TPSA) is 81.4 Å². The van der Waals surface area contributed by atoms with Crippen LogP contribution in [0.4, 0.5) is 0 Å². The van der Waals surface area contributed by atoms with E-state index < -0.39 is 0 Å². The molecule has 0 spiro atoms. The minimum atomic E-state index is -0.160. The number of nitrogens with zero attached hydrogens (tertiary/aromatic N) is 1. The standard InChI is InChI=1S/C16H23I2N3O2.Na/c17-13-8-12(15(22)14(18)9-13)10-20-4-1-5-21-6-2-11(3-7-21)16(19)23;/h8-9,11,20,22H,1-7,10H2,(H2,19,23);/q;+1/p-1. The second-order valence-corrected chi connectivity index (χ2v) is 8.33. The molecule has 24 heavy (non-hydrogen) atoms. The predicted molar refractivity (Wildman–Crippen MR) is 106 cm³/mol. The number of hydrogen-bond acceptors (Lipinski definition) is 4. The molecule has 1 aromatic carbocycles. The van der Waals surface area contributed by atoms with Crippen LogP contribution in [0.1, 0.15) is 24.8 Å². The molecule has 0 aromatic heterocycles. The number of likely N-dealkylation sites (tertiary alicyclic amines) is 1. The molecule has 3 N–H and O–H groups in total. The van der Waals surface area contributed by atoms with E-state index in [1.807, 2.05) is 12.1 Å². The van der Waals surface area contributed by atoms with Crippen LogP contribution in [-0.2, 0) is 11.3 Å².